The van der Waals surface area contributed by atoms with E-state index in [1.54, 1.807) is 0 Å². The van der Waals surface area contributed by atoms with Crippen LogP contribution in [-0.2, 0) is 12.8 Å². The Balaban J connectivity index is 1.54. The third-order valence-electron chi connectivity index (χ3n) is 5.59. The van der Waals surface area contributed by atoms with Gasteiger partial charge in [-0.2, -0.15) is 0 Å². The van der Waals surface area contributed by atoms with Crippen molar-refractivity contribution in [3.05, 3.63) is 93.6 Å². The molecule has 0 aliphatic rings. The number of hydrogen-bond donors (Lipinski definition) is 2. The van der Waals surface area contributed by atoms with E-state index in [4.69, 9.17) is 9.97 Å². The number of nitrogens with one attached hydrogen (secondary N) is 2. The van der Waals surface area contributed by atoms with Crippen LogP contribution in [0, 0.1) is 27.7 Å². The summed E-state index contributed by atoms with van der Waals surface area (Å²) in [4.78, 5) is 16.0. The van der Waals surface area contributed by atoms with Gasteiger partial charge in [-0.3, -0.25) is 0 Å². The molecule has 142 valence electrons. The first-order valence-electron chi connectivity index (χ1n) is 9.70. The van der Waals surface area contributed by atoms with Crippen LogP contribution < -0.4 is 0 Å². The molecule has 2 heterocycles. The van der Waals surface area contributed by atoms with Gasteiger partial charge >= 0.3 is 0 Å². The van der Waals surface area contributed by atoms with Crippen molar-refractivity contribution in [1.82, 2.24) is 19.9 Å². The molecule has 0 bridgehead atoms. The molecule has 0 fully saturated rings. The van der Waals surface area contributed by atoms with Gasteiger partial charge in [0.2, 0.25) is 0 Å². The second-order valence-electron chi connectivity index (χ2n) is 7.56. The largest absolute Gasteiger partial charge is 0.342 e. The average molecular weight is 371 g/mol. The zero-order valence-electron chi connectivity index (χ0n) is 16.9. The molecule has 0 aliphatic carbocycles. The fraction of sp³-hybridized carbons (Fsp3) is 0.250. The van der Waals surface area contributed by atoms with Crippen molar-refractivity contribution < 1.29 is 0 Å². The molecule has 0 aliphatic heterocycles. The summed E-state index contributed by atoms with van der Waals surface area (Å²) in [6.07, 6.45) is 5.59. The van der Waals surface area contributed by atoms with Gasteiger partial charge in [0.15, 0.2) is 11.6 Å². The summed E-state index contributed by atoms with van der Waals surface area (Å²) in [5.74, 6) is 1.57. The molecule has 0 spiro atoms. The van der Waals surface area contributed by atoms with Gasteiger partial charge in [0.1, 0.15) is 0 Å². The normalized spacial score (nSPS) is 11.1. The highest BCUT2D eigenvalue weighted by atomic mass is 15.0. The SMILES string of the molecule is Cc1cc(C)c(C)c(Cc2c[nH]c(-c3nc(Cc4ccccc4)c[nH]3)n2)c1C. The Bertz CT molecular complexity index is 1080. The fourth-order valence-electron chi connectivity index (χ4n) is 3.69. The molecule has 0 saturated heterocycles. The average Bonchev–Trinajstić information content (AvgIpc) is 3.34. The Kier molecular flexibility index (Phi) is 4.86. The van der Waals surface area contributed by atoms with E-state index in [1.165, 1.54) is 33.4 Å². The Morgan fingerprint density at radius 2 is 1.25 bits per heavy atom. The number of benzene rings is 2. The van der Waals surface area contributed by atoms with Gasteiger partial charge in [0.25, 0.3) is 0 Å². The van der Waals surface area contributed by atoms with Gasteiger partial charge in [-0.25, -0.2) is 9.97 Å². The lowest BCUT2D eigenvalue weighted by Crippen LogP contribution is -2.00. The number of imidazole rings is 2. The Morgan fingerprint density at radius 1 is 0.714 bits per heavy atom. The molecule has 0 unspecified atom stereocenters. The number of aryl methyl sites for hydroxylation is 2. The second kappa shape index (κ2) is 7.47. The summed E-state index contributed by atoms with van der Waals surface area (Å²) < 4.78 is 0. The van der Waals surface area contributed by atoms with E-state index < -0.39 is 0 Å². The van der Waals surface area contributed by atoms with Crippen LogP contribution in [0.3, 0.4) is 0 Å². The molecule has 0 radical (unpaired) electrons. The topological polar surface area (TPSA) is 57.4 Å². The van der Waals surface area contributed by atoms with Crippen LogP contribution in [0.25, 0.3) is 11.6 Å². The first-order valence-corrected chi connectivity index (χ1v) is 9.70. The maximum atomic E-state index is 4.79. The van der Waals surface area contributed by atoms with E-state index in [9.17, 15) is 0 Å². The van der Waals surface area contributed by atoms with Gasteiger partial charge < -0.3 is 9.97 Å². The quantitative estimate of drug-likeness (QED) is 0.506. The van der Waals surface area contributed by atoms with Crippen LogP contribution in [0.15, 0.2) is 48.8 Å². The molecular formula is C24H26N4. The Morgan fingerprint density at radius 3 is 1.82 bits per heavy atom. The van der Waals surface area contributed by atoms with Gasteiger partial charge in [-0.05, 0) is 61.1 Å². The minimum absolute atomic E-state index is 0.783. The van der Waals surface area contributed by atoms with E-state index >= 15 is 0 Å². The summed E-state index contributed by atoms with van der Waals surface area (Å²) in [5.41, 5.74) is 10.1. The Hall–Kier alpha value is -3.14. The van der Waals surface area contributed by atoms with Crippen LogP contribution in [0.2, 0.25) is 0 Å². The minimum atomic E-state index is 0.783. The highest BCUT2D eigenvalue weighted by Crippen LogP contribution is 2.24. The van der Waals surface area contributed by atoms with E-state index in [-0.39, 0.29) is 0 Å². The molecule has 0 amide bonds. The van der Waals surface area contributed by atoms with E-state index in [1.807, 2.05) is 18.5 Å². The van der Waals surface area contributed by atoms with Gasteiger partial charge in [-0.15, -0.1) is 0 Å². The summed E-state index contributed by atoms with van der Waals surface area (Å²) in [6, 6.07) is 12.6. The molecule has 4 nitrogen and oxygen atoms in total. The maximum absolute atomic E-state index is 4.79. The zero-order valence-corrected chi connectivity index (χ0v) is 16.9. The molecule has 4 aromatic rings. The first-order chi connectivity index (χ1) is 13.5. The summed E-state index contributed by atoms with van der Waals surface area (Å²) in [5, 5.41) is 0. The molecule has 2 aromatic heterocycles. The zero-order chi connectivity index (χ0) is 19.7. The number of rotatable bonds is 5. The van der Waals surface area contributed by atoms with Crippen molar-refractivity contribution in [2.24, 2.45) is 0 Å². The van der Waals surface area contributed by atoms with Gasteiger partial charge in [-0.1, -0.05) is 36.4 Å². The van der Waals surface area contributed by atoms with Gasteiger partial charge in [0.05, 0.1) is 11.4 Å². The molecule has 4 rings (SSSR count). The van der Waals surface area contributed by atoms with Crippen molar-refractivity contribution in [2.75, 3.05) is 0 Å². The molecule has 28 heavy (non-hydrogen) atoms. The van der Waals surface area contributed by atoms with Crippen LogP contribution in [0.1, 0.15) is 44.8 Å². The minimum Gasteiger partial charge on any atom is -0.342 e. The third-order valence-corrected chi connectivity index (χ3v) is 5.59. The van der Waals surface area contributed by atoms with Crippen LogP contribution >= 0.6 is 0 Å². The van der Waals surface area contributed by atoms with Gasteiger partial charge in [0, 0.05) is 25.2 Å². The number of hydrogen-bond acceptors (Lipinski definition) is 2. The molecule has 4 heteroatoms. The van der Waals surface area contributed by atoms with E-state index in [0.29, 0.717) is 0 Å². The van der Waals surface area contributed by atoms with E-state index in [2.05, 4.69) is 68.0 Å². The molecule has 0 atom stereocenters. The number of aromatic amines is 2. The molecule has 2 N–H and O–H groups in total. The van der Waals surface area contributed by atoms with Crippen molar-refractivity contribution in [1.29, 1.82) is 0 Å². The highest BCUT2D eigenvalue weighted by Gasteiger charge is 2.13. The second-order valence-corrected chi connectivity index (χ2v) is 7.56. The molecular weight excluding hydrogens is 344 g/mol. The standard InChI is InChI=1S/C24H26N4/c1-15-10-16(2)18(4)22(17(15)3)12-21-14-26-24(28-21)23-25-13-20(27-23)11-19-8-6-5-7-9-19/h5-10,13-14H,11-12H2,1-4H3,(H,25,27)(H,26,28). The lowest BCUT2D eigenvalue weighted by Gasteiger charge is -2.14. The Labute approximate surface area is 166 Å². The summed E-state index contributed by atoms with van der Waals surface area (Å²) >= 11 is 0. The summed E-state index contributed by atoms with van der Waals surface area (Å²) in [7, 11) is 0. The third kappa shape index (κ3) is 3.63. The van der Waals surface area contributed by atoms with Crippen molar-refractivity contribution in [2.45, 2.75) is 40.5 Å². The van der Waals surface area contributed by atoms with Crippen LogP contribution in [0.4, 0.5) is 0 Å². The lowest BCUT2D eigenvalue weighted by atomic mass is 9.92. The predicted octanol–water partition coefficient (Wildman–Crippen LogP) is 5.22. The van der Waals surface area contributed by atoms with Crippen LogP contribution in [0.5, 0.6) is 0 Å². The van der Waals surface area contributed by atoms with E-state index in [0.717, 1.165) is 35.9 Å². The maximum Gasteiger partial charge on any atom is 0.173 e. The first kappa shape index (κ1) is 18.2. The monoisotopic (exact) mass is 370 g/mol. The van der Waals surface area contributed by atoms with Crippen molar-refractivity contribution in [3.8, 4) is 11.6 Å². The highest BCUT2D eigenvalue weighted by molar-refractivity contribution is 5.48. The molecule has 2 aromatic carbocycles. The fourth-order valence-corrected chi connectivity index (χ4v) is 3.69. The smallest absolute Gasteiger partial charge is 0.173 e. The molecule has 0 saturated carbocycles. The lowest BCUT2D eigenvalue weighted by molar-refractivity contribution is 1.04. The van der Waals surface area contributed by atoms with Crippen molar-refractivity contribution >= 4 is 0 Å². The number of H-pyrrole nitrogens is 2. The summed E-state index contributed by atoms with van der Waals surface area (Å²) in [6.45, 7) is 8.76. The number of nitrogens with zero attached hydrogens (tertiary/aromatic N) is 2. The number of aromatic nitrogens is 4. The predicted molar refractivity (Wildman–Crippen MR) is 114 cm³/mol. The van der Waals surface area contributed by atoms with Crippen LogP contribution in [-0.4, -0.2) is 19.9 Å². The van der Waals surface area contributed by atoms with Crippen molar-refractivity contribution in [3.63, 3.8) is 0 Å².